The molecule has 0 atom stereocenters. The number of methoxy groups -OCH3 is 2. The van der Waals surface area contributed by atoms with Crippen molar-refractivity contribution in [3.05, 3.63) is 56.8 Å². The van der Waals surface area contributed by atoms with E-state index in [-0.39, 0.29) is 5.13 Å². The number of ether oxygens (including phenoxy) is 2. The second-order valence-electron chi connectivity index (χ2n) is 6.16. The Kier molecular flexibility index (Phi) is 6.56. The van der Waals surface area contributed by atoms with Crippen LogP contribution < -0.4 is 20.3 Å². The highest BCUT2D eigenvalue weighted by Gasteiger charge is 2.32. The van der Waals surface area contributed by atoms with Gasteiger partial charge >= 0.3 is 6.18 Å². The lowest BCUT2D eigenvalue weighted by Gasteiger charge is -2.11. The number of benzene rings is 1. The van der Waals surface area contributed by atoms with E-state index in [9.17, 15) is 22.8 Å². The molecule has 3 aromatic rings. The van der Waals surface area contributed by atoms with Gasteiger partial charge in [0.1, 0.15) is 11.6 Å². The van der Waals surface area contributed by atoms with E-state index < -0.39 is 34.8 Å². The lowest BCUT2D eigenvalue weighted by atomic mass is 10.1. The van der Waals surface area contributed by atoms with E-state index in [1.54, 1.807) is 23.6 Å². The normalized spacial score (nSPS) is 11.3. The van der Waals surface area contributed by atoms with Gasteiger partial charge in [0.15, 0.2) is 16.6 Å². The van der Waals surface area contributed by atoms with Crippen LogP contribution in [-0.4, -0.2) is 29.7 Å². The van der Waals surface area contributed by atoms with Crippen molar-refractivity contribution in [2.24, 2.45) is 0 Å². The van der Waals surface area contributed by atoms with Gasteiger partial charge in [-0.25, -0.2) is 4.98 Å². The highest BCUT2D eigenvalue weighted by Crippen LogP contribution is 2.33. The van der Waals surface area contributed by atoms with Gasteiger partial charge in [0.2, 0.25) is 5.91 Å². The Morgan fingerprint density at radius 3 is 2.58 bits per heavy atom. The summed E-state index contributed by atoms with van der Waals surface area (Å²) >= 11 is 6.70. The third kappa shape index (κ3) is 5.17. The number of hydrogen-bond donors (Lipinski definition) is 1. The SMILES string of the molecule is COc1ccc(-c2csc(NC(=O)Cn3cc(C(F)(F)F)cc(Cl)c3=O)n2)cc1OC. The van der Waals surface area contributed by atoms with Crippen LogP contribution in [0.3, 0.4) is 0 Å². The third-order valence-corrected chi connectivity index (χ3v) is 5.14. The molecule has 0 saturated carbocycles. The Labute approximate surface area is 183 Å². The molecule has 2 heterocycles. The van der Waals surface area contributed by atoms with E-state index in [1.807, 2.05) is 0 Å². The van der Waals surface area contributed by atoms with Gasteiger partial charge in [-0.1, -0.05) is 11.6 Å². The summed E-state index contributed by atoms with van der Waals surface area (Å²) in [6.45, 7) is -0.659. The minimum Gasteiger partial charge on any atom is -0.493 e. The first-order chi connectivity index (χ1) is 14.6. The fourth-order valence-corrected chi connectivity index (χ4v) is 3.61. The molecule has 0 fully saturated rings. The monoisotopic (exact) mass is 473 g/mol. The minimum atomic E-state index is -4.71. The smallest absolute Gasteiger partial charge is 0.417 e. The Hall–Kier alpha value is -3.05. The second-order valence-corrected chi connectivity index (χ2v) is 7.43. The lowest BCUT2D eigenvalue weighted by Crippen LogP contribution is -2.29. The zero-order chi connectivity index (χ0) is 22.8. The van der Waals surface area contributed by atoms with E-state index >= 15 is 0 Å². The number of rotatable bonds is 6. The fourth-order valence-electron chi connectivity index (χ4n) is 2.64. The summed E-state index contributed by atoms with van der Waals surface area (Å²) < 4.78 is 49.8. The Bertz CT molecular complexity index is 1180. The van der Waals surface area contributed by atoms with Crippen molar-refractivity contribution in [3.8, 4) is 22.8 Å². The number of alkyl halides is 3. The molecule has 0 saturated heterocycles. The van der Waals surface area contributed by atoms with E-state index in [0.29, 0.717) is 39.6 Å². The molecule has 7 nitrogen and oxygen atoms in total. The number of amides is 1. The number of aromatic nitrogens is 2. The molecule has 0 radical (unpaired) electrons. The topological polar surface area (TPSA) is 82.5 Å². The molecule has 0 aliphatic heterocycles. The standard InChI is InChI=1S/C19H15ClF3N3O4S/c1-29-14-4-3-10(5-15(14)30-2)13-9-31-18(24-13)25-16(27)8-26-7-11(19(21,22)23)6-12(20)17(26)28/h3-7,9H,8H2,1-2H3,(H,24,25,27). The van der Waals surface area contributed by atoms with Crippen LogP contribution in [0.5, 0.6) is 11.5 Å². The summed E-state index contributed by atoms with van der Waals surface area (Å²) in [5, 5.41) is 3.73. The molecule has 1 aromatic carbocycles. The van der Waals surface area contributed by atoms with E-state index in [4.69, 9.17) is 21.1 Å². The molecule has 0 spiro atoms. The van der Waals surface area contributed by atoms with Crippen LogP contribution in [0.4, 0.5) is 18.3 Å². The summed E-state index contributed by atoms with van der Waals surface area (Å²) in [5.41, 5.74) is -0.791. The molecule has 3 rings (SSSR count). The van der Waals surface area contributed by atoms with Gasteiger partial charge in [0, 0.05) is 17.1 Å². The summed E-state index contributed by atoms with van der Waals surface area (Å²) in [7, 11) is 3.01. The molecule has 31 heavy (non-hydrogen) atoms. The Morgan fingerprint density at radius 2 is 1.94 bits per heavy atom. The first kappa shape index (κ1) is 22.6. The van der Waals surface area contributed by atoms with Crippen LogP contribution in [0.2, 0.25) is 5.02 Å². The van der Waals surface area contributed by atoms with E-state index in [2.05, 4.69) is 10.3 Å². The van der Waals surface area contributed by atoms with Crippen LogP contribution in [0.25, 0.3) is 11.3 Å². The minimum absolute atomic E-state index is 0.209. The van der Waals surface area contributed by atoms with E-state index in [0.717, 1.165) is 11.3 Å². The largest absolute Gasteiger partial charge is 0.493 e. The number of halogens is 4. The second kappa shape index (κ2) is 8.98. The van der Waals surface area contributed by atoms with Crippen molar-refractivity contribution >= 4 is 34.0 Å². The van der Waals surface area contributed by atoms with Crippen LogP contribution in [0.15, 0.2) is 40.6 Å². The lowest BCUT2D eigenvalue weighted by molar-refractivity contribution is -0.138. The molecule has 1 N–H and O–H groups in total. The molecular formula is C19H15ClF3N3O4S. The third-order valence-electron chi connectivity index (χ3n) is 4.11. The maximum absolute atomic E-state index is 12.9. The molecule has 0 aliphatic carbocycles. The predicted octanol–water partition coefficient (Wildman–Crippen LogP) is 4.30. The first-order valence-electron chi connectivity index (χ1n) is 8.57. The van der Waals surface area contributed by atoms with Crippen LogP contribution in [-0.2, 0) is 17.5 Å². The number of pyridine rings is 1. The Morgan fingerprint density at radius 1 is 1.23 bits per heavy atom. The summed E-state index contributed by atoms with van der Waals surface area (Å²) in [6, 6.07) is 5.69. The highest BCUT2D eigenvalue weighted by molar-refractivity contribution is 7.14. The molecule has 2 aromatic heterocycles. The van der Waals surface area contributed by atoms with Crippen molar-refractivity contribution in [1.29, 1.82) is 0 Å². The molecule has 0 unspecified atom stereocenters. The summed E-state index contributed by atoms with van der Waals surface area (Å²) in [6.07, 6.45) is -4.16. The predicted molar refractivity (Wildman–Crippen MR) is 110 cm³/mol. The van der Waals surface area contributed by atoms with Gasteiger partial charge in [0.25, 0.3) is 5.56 Å². The van der Waals surface area contributed by atoms with Crippen molar-refractivity contribution in [3.63, 3.8) is 0 Å². The van der Waals surface area contributed by atoms with Crippen LogP contribution in [0.1, 0.15) is 5.56 Å². The molecule has 1 amide bonds. The highest BCUT2D eigenvalue weighted by atomic mass is 35.5. The van der Waals surface area contributed by atoms with Gasteiger partial charge in [-0.2, -0.15) is 13.2 Å². The number of nitrogens with zero attached hydrogens (tertiary/aromatic N) is 2. The van der Waals surface area contributed by atoms with Gasteiger partial charge in [-0.3, -0.25) is 9.59 Å². The average Bonchev–Trinajstić information content (AvgIpc) is 3.18. The van der Waals surface area contributed by atoms with Crippen LogP contribution in [0, 0.1) is 0 Å². The van der Waals surface area contributed by atoms with Crippen molar-refractivity contribution < 1.29 is 27.4 Å². The van der Waals surface area contributed by atoms with Crippen molar-refractivity contribution in [2.45, 2.75) is 12.7 Å². The maximum Gasteiger partial charge on any atom is 0.417 e. The van der Waals surface area contributed by atoms with Crippen molar-refractivity contribution in [1.82, 2.24) is 9.55 Å². The molecule has 0 aliphatic rings. The van der Waals surface area contributed by atoms with Gasteiger partial charge in [-0.15, -0.1) is 11.3 Å². The number of anilines is 1. The molecular weight excluding hydrogens is 459 g/mol. The number of carbonyl (C=O) groups is 1. The molecule has 0 bridgehead atoms. The number of thiazole rings is 1. The zero-order valence-corrected chi connectivity index (χ0v) is 17.7. The van der Waals surface area contributed by atoms with Crippen molar-refractivity contribution in [2.75, 3.05) is 19.5 Å². The van der Waals surface area contributed by atoms with Crippen LogP contribution >= 0.6 is 22.9 Å². The first-order valence-corrected chi connectivity index (χ1v) is 9.83. The maximum atomic E-state index is 12.9. The Balaban J connectivity index is 1.77. The van der Waals surface area contributed by atoms with Gasteiger partial charge in [0.05, 0.1) is 25.5 Å². The van der Waals surface area contributed by atoms with Gasteiger partial charge < -0.3 is 19.4 Å². The summed E-state index contributed by atoms with van der Waals surface area (Å²) in [5.74, 6) is 0.310. The van der Waals surface area contributed by atoms with Gasteiger partial charge in [-0.05, 0) is 24.3 Å². The average molecular weight is 474 g/mol. The number of carbonyl (C=O) groups excluding carboxylic acids is 1. The van der Waals surface area contributed by atoms with E-state index in [1.165, 1.54) is 14.2 Å². The fraction of sp³-hybridized carbons (Fsp3) is 0.211. The number of nitrogens with one attached hydrogen (secondary N) is 1. The zero-order valence-electron chi connectivity index (χ0n) is 16.1. The number of hydrogen-bond acceptors (Lipinski definition) is 6. The molecule has 12 heteroatoms. The summed E-state index contributed by atoms with van der Waals surface area (Å²) in [4.78, 5) is 28.5. The molecule has 164 valence electrons. The quantitative estimate of drug-likeness (QED) is 0.577.